The fourth-order valence-electron chi connectivity index (χ4n) is 6.96. The molecule has 4 heteroatoms. The molecule has 0 aliphatic rings. The Labute approximate surface area is 257 Å². The van der Waals surface area contributed by atoms with Crippen molar-refractivity contribution >= 4 is 54.3 Å². The van der Waals surface area contributed by atoms with Crippen LogP contribution in [-0.2, 0) is 0 Å². The Morgan fingerprint density at radius 3 is 1.69 bits per heavy atom. The van der Waals surface area contributed by atoms with Crippen molar-refractivity contribution in [1.82, 2.24) is 15.0 Å². The molecule has 0 amide bonds. The molecule has 0 atom stereocenters. The second kappa shape index (κ2) is 9.18. The van der Waals surface area contributed by atoms with Crippen LogP contribution in [0.4, 0.5) is 0 Å². The largest absolute Gasteiger partial charge is 0.455 e. The smallest absolute Gasteiger partial charge is 0.167 e. The van der Waals surface area contributed by atoms with E-state index >= 15 is 0 Å². The molecule has 0 saturated carbocycles. The van der Waals surface area contributed by atoms with E-state index in [0.717, 1.165) is 44.2 Å². The molecule has 0 unspecified atom stereocenters. The van der Waals surface area contributed by atoms with E-state index in [0.29, 0.717) is 17.5 Å². The predicted octanol–water partition coefficient (Wildman–Crippen LogP) is 10.8. The molecular weight excluding hydrogens is 550 g/mol. The number of furan rings is 1. The first-order valence-corrected chi connectivity index (χ1v) is 15.1. The minimum absolute atomic E-state index is 0.588. The number of rotatable bonds is 4. The third-order valence-corrected chi connectivity index (χ3v) is 9.06. The summed E-state index contributed by atoms with van der Waals surface area (Å²) in [5.74, 6) is 1.84. The summed E-state index contributed by atoms with van der Waals surface area (Å²) in [7, 11) is 0. The van der Waals surface area contributed by atoms with Crippen molar-refractivity contribution in [1.29, 1.82) is 0 Å². The van der Waals surface area contributed by atoms with Gasteiger partial charge >= 0.3 is 0 Å². The second-order valence-corrected chi connectivity index (χ2v) is 11.6. The van der Waals surface area contributed by atoms with Crippen molar-refractivity contribution in [3.63, 3.8) is 0 Å². The lowest BCUT2D eigenvalue weighted by Gasteiger charge is -2.13. The lowest BCUT2D eigenvalue weighted by atomic mass is 9.89. The van der Waals surface area contributed by atoms with E-state index in [-0.39, 0.29) is 0 Å². The zero-order chi connectivity index (χ0) is 29.5. The average Bonchev–Trinajstić information content (AvgIpc) is 3.52. The third-order valence-electron chi connectivity index (χ3n) is 9.06. The van der Waals surface area contributed by atoms with E-state index in [1.165, 1.54) is 37.9 Å². The standard InChI is InChI=1S/C41H23N3O/c1-3-8-24(9-4-1)25-14-18-29(19-15-25)40-42-39(28-10-5-2-6-11-28)43-41(44-40)32-22-21-31-30-13-7-12-26-16-17-27-20-23-33-37(35(27)34(26)30)36(31)38(32)45-33/h1-23H. The lowest BCUT2D eigenvalue weighted by Crippen LogP contribution is -2.00. The van der Waals surface area contributed by atoms with Crippen LogP contribution >= 0.6 is 0 Å². The van der Waals surface area contributed by atoms with Crippen LogP contribution in [0.5, 0.6) is 0 Å². The molecule has 8 aromatic carbocycles. The molecule has 4 nitrogen and oxygen atoms in total. The van der Waals surface area contributed by atoms with E-state index in [1.54, 1.807) is 0 Å². The quantitative estimate of drug-likeness (QED) is 0.155. The van der Waals surface area contributed by atoms with Crippen LogP contribution in [-0.4, -0.2) is 15.0 Å². The summed E-state index contributed by atoms with van der Waals surface area (Å²) in [5, 5.41) is 9.69. The number of fused-ring (bicyclic) bond motifs is 1. The van der Waals surface area contributed by atoms with Gasteiger partial charge in [-0.1, -0.05) is 127 Å². The van der Waals surface area contributed by atoms with Crippen molar-refractivity contribution in [2.45, 2.75) is 0 Å². The Morgan fingerprint density at radius 1 is 0.356 bits per heavy atom. The van der Waals surface area contributed by atoms with E-state index in [9.17, 15) is 0 Å². The van der Waals surface area contributed by atoms with Gasteiger partial charge in [0.25, 0.3) is 0 Å². The van der Waals surface area contributed by atoms with Gasteiger partial charge in [-0.3, -0.25) is 0 Å². The summed E-state index contributed by atoms with van der Waals surface area (Å²) in [6, 6.07) is 48.4. The molecule has 0 saturated heterocycles. The van der Waals surface area contributed by atoms with Crippen molar-refractivity contribution < 1.29 is 4.42 Å². The monoisotopic (exact) mass is 573 g/mol. The number of hydrogen-bond acceptors (Lipinski definition) is 4. The summed E-state index contributed by atoms with van der Waals surface area (Å²) in [6.45, 7) is 0. The molecule has 10 rings (SSSR count). The SMILES string of the molecule is c1ccc(-c2ccc(-c3nc(-c4ccccc4)nc(-c4ccc5c6cccc7ccc8ccc9oc4c5c9c8c76)n3)cc2)cc1. The molecule has 0 aliphatic heterocycles. The van der Waals surface area contributed by atoms with Gasteiger partial charge in [-0.15, -0.1) is 0 Å². The second-order valence-electron chi connectivity index (χ2n) is 11.6. The first kappa shape index (κ1) is 24.3. The van der Waals surface area contributed by atoms with Gasteiger partial charge in [-0.2, -0.15) is 0 Å². The van der Waals surface area contributed by atoms with Crippen molar-refractivity contribution in [2.24, 2.45) is 0 Å². The average molecular weight is 574 g/mol. The Bertz CT molecular complexity index is 2680. The Kier molecular flexibility index (Phi) is 4.96. The molecular formula is C41H23N3O. The molecule has 10 aromatic rings. The zero-order valence-corrected chi connectivity index (χ0v) is 24.0. The highest BCUT2D eigenvalue weighted by Crippen LogP contribution is 2.48. The molecule has 0 N–H and O–H groups in total. The normalized spacial score (nSPS) is 12.0. The van der Waals surface area contributed by atoms with Gasteiger partial charge < -0.3 is 4.42 Å². The Hall–Kier alpha value is -6.13. The highest BCUT2D eigenvalue weighted by Gasteiger charge is 2.24. The molecule has 2 heterocycles. The highest BCUT2D eigenvalue weighted by atomic mass is 16.3. The van der Waals surface area contributed by atoms with E-state index < -0.39 is 0 Å². The first-order chi connectivity index (χ1) is 22.3. The Balaban J connectivity index is 1.23. The molecule has 2 aromatic heterocycles. The third kappa shape index (κ3) is 3.57. The fourth-order valence-corrected chi connectivity index (χ4v) is 6.96. The summed E-state index contributed by atoms with van der Waals surface area (Å²) < 4.78 is 6.72. The van der Waals surface area contributed by atoms with Crippen LogP contribution in [0.3, 0.4) is 0 Å². The molecule has 0 aliphatic carbocycles. The Morgan fingerprint density at radius 2 is 0.933 bits per heavy atom. The van der Waals surface area contributed by atoms with Gasteiger partial charge in [0.15, 0.2) is 17.5 Å². The number of aromatic nitrogens is 3. The maximum atomic E-state index is 6.72. The minimum Gasteiger partial charge on any atom is -0.455 e. The van der Waals surface area contributed by atoms with Crippen LogP contribution < -0.4 is 0 Å². The van der Waals surface area contributed by atoms with Gasteiger partial charge in [0.1, 0.15) is 11.2 Å². The number of nitrogens with zero attached hydrogens (tertiary/aromatic N) is 3. The highest BCUT2D eigenvalue weighted by molar-refractivity contribution is 6.39. The minimum atomic E-state index is 0.588. The van der Waals surface area contributed by atoms with Gasteiger partial charge in [-0.05, 0) is 50.2 Å². The van der Waals surface area contributed by atoms with Crippen molar-refractivity contribution in [3.8, 4) is 45.3 Å². The summed E-state index contributed by atoms with van der Waals surface area (Å²) >= 11 is 0. The van der Waals surface area contributed by atoms with Gasteiger partial charge in [0.05, 0.1) is 5.56 Å². The predicted molar refractivity (Wildman–Crippen MR) is 184 cm³/mol. The molecule has 0 fully saturated rings. The van der Waals surface area contributed by atoms with Gasteiger partial charge in [0, 0.05) is 27.3 Å². The maximum absolute atomic E-state index is 6.72. The van der Waals surface area contributed by atoms with Crippen LogP contribution in [0, 0.1) is 0 Å². The van der Waals surface area contributed by atoms with E-state index in [2.05, 4.69) is 103 Å². The van der Waals surface area contributed by atoms with Crippen molar-refractivity contribution in [3.05, 3.63) is 140 Å². The number of benzene rings is 8. The molecule has 0 radical (unpaired) electrons. The molecule has 208 valence electrons. The van der Waals surface area contributed by atoms with E-state index in [1.807, 2.05) is 36.4 Å². The van der Waals surface area contributed by atoms with Crippen molar-refractivity contribution in [2.75, 3.05) is 0 Å². The topological polar surface area (TPSA) is 51.8 Å². The van der Waals surface area contributed by atoms with Crippen LogP contribution in [0.1, 0.15) is 0 Å². The van der Waals surface area contributed by atoms with Gasteiger partial charge in [-0.25, -0.2) is 15.0 Å². The van der Waals surface area contributed by atoms with Crippen LogP contribution in [0.25, 0.3) is 99.5 Å². The van der Waals surface area contributed by atoms with Crippen LogP contribution in [0.15, 0.2) is 144 Å². The van der Waals surface area contributed by atoms with Crippen LogP contribution in [0.2, 0.25) is 0 Å². The fraction of sp³-hybridized carbons (Fsp3) is 0. The maximum Gasteiger partial charge on any atom is 0.167 e. The zero-order valence-electron chi connectivity index (χ0n) is 24.0. The molecule has 0 spiro atoms. The number of hydrogen-bond donors (Lipinski definition) is 0. The summed E-state index contributed by atoms with van der Waals surface area (Å²) in [4.78, 5) is 15.1. The molecule has 45 heavy (non-hydrogen) atoms. The van der Waals surface area contributed by atoms with Gasteiger partial charge in [0.2, 0.25) is 0 Å². The van der Waals surface area contributed by atoms with E-state index in [4.69, 9.17) is 19.4 Å². The molecule has 0 bridgehead atoms. The summed E-state index contributed by atoms with van der Waals surface area (Å²) in [5.41, 5.74) is 6.71. The lowest BCUT2D eigenvalue weighted by molar-refractivity contribution is 0.670. The summed E-state index contributed by atoms with van der Waals surface area (Å²) in [6.07, 6.45) is 0. The first-order valence-electron chi connectivity index (χ1n) is 15.1.